The third-order valence-corrected chi connectivity index (χ3v) is 7.71. The first-order valence-electron chi connectivity index (χ1n) is 13.0. The van der Waals surface area contributed by atoms with Crippen molar-refractivity contribution < 1.29 is 19.0 Å². The molecule has 2 saturated heterocycles. The molecule has 1 aromatic carbocycles. The maximum Gasteiger partial charge on any atom is 0.278 e. The van der Waals surface area contributed by atoms with E-state index in [0.29, 0.717) is 59.5 Å². The van der Waals surface area contributed by atoms with Crippen molar-refractivity contribution in [2.45, 2.75) is 68.9 Å². The largest absolute Gasteiger partial charge is 0.507 e. The van der Waals surface area contributed by atoms with Crippen molar-refractivity contribution in [1.29, 1.82) is 0 Å². The van der Waals surface area contributed by atoms with Crippen LogP contribution < -0.4 is 19.7 Å². The molecule has 3 fully saturated rings. The first kappa shape index (κ1) is 22.6. The second-order valence-corrected chi connectivity index (χ2v) is 10.2. The van der Waals surface area contributed by atoms with Gasteiger partial charge in [0, 0.05) is 23.7 Å². The van der Waals surface area contributed by atoms with Gasteiger partial charge in [0.2, 0.25) is 0 Å². The Morgan fingerprint density at radius 2 is 1.86 bits per heavy atom. The van der Waals surface area contributed by atoms with Crippen LogP contribution in [0.2, 0.25) is 0 Å². The lowest BCUT2D eigenvalue weighted by Gasteiger charge is -2.47. The summed E-state index contributed by atoms with van der Waals surface area (Å²) in [7, 11) is 0. The zero-order chi connectivity index (χ0) is 24.9. The SMILES string of the molecule is Oc1cc(-c2cnc3c(n2)OCCO3)ccc1-c1ncc(N(C2CC2)[C@H]2C[C@@H]3CCC[C@H](N3)[C@H]2F)nn1. The van der Waals surface area contributed by atoms with E-state index in [1.807, 2.05) is 6.07 Å². The van der Waals surface area contributed by atoms with Crippen LogP contribution in [0.4, 0.5) is 10.2 Å². The Morgan fingerprint density at radius 1 is 1.00 bits per heavy atom. The third kappa shape index (κ3) is 4.20. The van der Waals surface area contributed by atoms with E-state index < -0.39 is 6.17 Å². The van der Waals surface area contributed by atoms with Crippen molar-refractivity contribution in [3.05, 3.63) is 30.6 Å². The summed E-state index contributed by atoms with van der Waals surface area (Å²) < 4.78 is 26.4. The van der Waals surface area contributed by atoms with Crippen LogP contribution in [0.5, 0.6) is 17.5 Å². The van der Waals surface area contributed by atoms with Gasteiger partial charge in [0.15, 0.2) is 11.6 Å². The Kier molecular flexibility index (Phi) is 5.53. The summed E-state index contributed by atoms with van der Waals surface area (Å²) in [6, 6.07) is 5.45. The number of phenolic OH excluding ortho intramolecular Hbond substituents is 1. The topological polar surface area (TPSA) is 118 Å². The molecular weight excluding hydrogens is 477 g/mol. The highest BCUT2D eigenvalue weighted by Crippen LogP contribution is 2.39. The van der Waals surface area contributed by atoms with Gasteiger partial charge in [0.1, 0.15) is 25.1 Å². The van der Waals surface area contributed by atoms with Gasteiger partial charge < -0.3 is 24.8 Å². The van der Waals surface area contributed by atoms with Crippen LogP contribution in [0.25, 0.3) is 22.6 Å². The third-order valence-electron chi connectivity index (χ3n) is 7.71. The van der Waals surface area contributed by atoms with Gasteiger partial charge >= 0.3 is 0 Å². The Balaban J connectivity index is 1.13. The molecule has 5 heterocycles. The van der Waals surface area contributed by atoms with Crippen molar-refractivity contribution in [3.63, 3.8) is 0 Å². The first-order valence-corrected chi connectivity index (χ1v) is 13.0. The summed E-state index contributed by atoms with van der Waals surface area (Å²) in [5, 5.41) is 23.0. The maximum absolute atomic E-state index is 15.5. The number of hydrogen-bond acceptors (Lipinski definition) is 10. The van der Waals surface area contributed by atoms with Gasteiger partial charge in [-0.1, -0.05) is 12.5 Å². The normalized spacial score (nSPS) is 26.5. The highest BCUT2D eigenvalue weighted by molar-refractivity contribution is 5.71. The van der Waals surface area contributed by atoms with E-state index in [0.717, 1.165) is 38.5 Å². The Morgan fingerprint density at radius 3 is 2.65 bits per heavy atom. The number of ether oxygens (including phenoxy) is 2. The molecule has 2 N–H and O–H groups in total. The van der Waals surface area contributed by atoms with Crippen molar-refractivity contribution in [2.24, 2.45) is 0 Å². The highest BCUT2D eigenvalue weighted by Gasteiger charge is 2.46. The number of alkyl halides is 1. The fourth-order valence-corrected chi connectivity index (χ4v) is 5.79. The molecule has 3 aliphatic heterocycles. The van der Waals surface area contributed by atoms with Crippen molar-refractivity contribution in [3.8, 4) is 40.2 Å². The van der Waals surface area contributed by atoms with Crippen LogP contribution in [-0.2, 0) is 0 Å². The average Bonchev–Trinajstić information content (AvgIpc) is 3.77. The monoisotopic (exact) mass is 505 g/mol. The molecule has 10 nitrogen and oxygen atoms in total. The van der Waals surface area contributed by atoms with E-state index >= 15 is 4.39 Å². The number of nitrogens with one attached hydrogen (secondary N) is 1. The molecule has 192 valence electrons. The van der Waals surface area contributed by atoms with E-state index in [1.54, 1.807) is 24.5 Å². The lowest BCUT2D eigenvalue weighted by atomic mass is 9.82. The molecule has 2 bridgehead atoms. The molecule has 4 atom stereocenters. The number of anilines is 1. The van der Waals surface area contributed by atoms with E-state index in [2.05, 4.69) is 35.4 Å². The van der Waals surface area contributed by atoms with Gasteiger partial charge in [-0.2, -0.15) is 0 Å². The number of fused-ring (bicyclic) bond motifs is 3. The smallest absolute Gasteiger partial charge is 0.278 e. The summed E-state index contributed by atoms with van der Waals surface area (Å²) >= 11 is 0. The van der Waals surface area contributed by atoms with Crippen LogP contribution in [0, 0.1) is 0 Å². The second kappa shape index (κ2) is 9.05. The van der Waals surface area contributed by atoms with Crippen molar-refractivity contribution in [1.82, 2.24) is 30.5 Å². The van der Waals surface area contributed by atoms with Gasteiger partial charge in [0.05, 0.1) is 29.7 Å². The molecule has 2 aromatic heterocycles. The molecule has 0 spiro atoms. The number of halogens is 1. The summed E-state index contributed by atoms with van der Waals surface area (Å²) in [5.74, 6) is 1.60. The van der Waals surface area contributed by atoms with Gasteiger partial charge in [-0.3, -0.25) is 0 Å². The number of aromatic hydroxyl groups is 1. The molecule has 0 amide bonds. The quantitative estimate of drug-likeness (QED) is 0.536. The van der Waals surface area contributed by atoms with Crippen molar-refractivity contribution >= 4 is 5.82 Å². The molecule has 3 aromatic rings. The van der Waals surface area contributed by atoms with E-state index in [4.69, 9.17) is 9.47 Å². The minimum absolute atomic E-state index is 0.00205. The summed E-state index contributed by atoms with van der Waals surface area (Å²) in [6.45, 7) is 0.855. The van der Waals surface area contributed by atoms with Crippen LogP contribution in [0.1, 0.15) is 38.5 Å². The van der Waals surface area contributed by atoms with Gasteiger partial charge in [-0.05, 0) is 44.2 Å². The second-order valence-electron chi connectivity index (χ2n) is 10.2. The summed E-state index contributed by atoms with van der Waals surface area (Å²) in [5.41, 5.74) is 1.67. The lowest BCUT2D eigenvalue weighted by Crippen LogP contribution is -2.62. The molecule has 4 aliphatic rings. The predicted molar refractivity (Wildman–Crippen MR) is 132 cm³/mol. The molecule has 37 heavy (non-hydrogen) atoms. The molecular formula is C26H28FN7O3. The standard InChI is InChI=1S/C26H28FN7O3/c27-23-18-3-1-2-15(30-18)11-20(23)34(16-5-6-16)22-13-28-24(33-32-22)17-7-4-14(10-21(17)35)19-12-29-25-26(31-19)37-9-8-36-25/h4,7,10,12-13,15-16,18,20,23,30,35H,1-3,5-6,8-9,11H2/t15-,18-,20-,23+/m0/s1. The van der Waals surface area contributed by atoms with Crippen LogP contribution >= 0.6 is 0 Å². The van der Waals surface area contributed by atoms with E-state index in [1.165, 1.54) is 0 Å². The molecule has 7 rings (SSSR count). The Bertz CT molecular complexity index is 1310. The number of nitrogens with zero attached hydrogens (tertiary/aromatic N) is 6. The van der Waals surface area contributed by atoms with E-state index in [9.17, 15) is 5.11 Å². The number of rotatable bonds is 5. The van der Waals surface area contributed by atoms with Crippen LogP contribution in [0.3, 0.4) is 0 Å². The average molecular weight is 506 g/mol. The Hall–Kier alpha value is -3.60. The lowest BCUT2D eigenvalue weighted by molar-refractivity contribution is 0.104. The number of phenols is 1. The number of hydrogen-bond donors (Lipinski definition) is 2. The van der Waals surface area contributed by atoms with Crippen LogP contribution in [-0.4, -0.2) is 73.8 Å². The van der Waals surface area contributed by atoms with Gasteiger partial charge in [-0.25, -0.2) is 19.3 Å². The predicted octanol–water partition coefficient (Wildman–Crippen LogP) is 3.06. The highest BCUT2D eigenvalue weighted by atomic mass is 19.1. The first-order chi connectivity index (χ1) is 18.1. The number of benzene rings is 1. The fourth-order valence-electron chi connectivity index (χ4n) is 5.79. The molecule has 11 heteroatoms. The molecule has 1 saturated carbocycles. The van der Waals surface area contributed by atoms with E-state index in [-0.39, 0.29) is 23.9 Å². The molecule has 1 aliphatic carbocycles. The van der Waals surface area contributed by atoms with Crippen molar-refractivity contribution in [2.75, 3.05) is 18.1 Å². The number of piperidine rings is 2. The summed E-state index contributed by atoms with van der Waals surface area (Å²) in [4.78, 5) is 15.3. The fraction of sp³-hybridized carbons (Fsp3) is 0.500. The Labute approximate surface area is 213 Å². The minimum atomic E-state index is -0.945. The van der Waals surface area contributed by atoms with Gasteiger partial charge in [0.25, 0.3) is 11.8 Å². The maximum atomic E-state index is 15.5. The summed E-state index contributed by atoms with van der Waals surface area (Å²) in [6.07, 6.45) is 8.16. The molecule has 0 radical (unpaired) electrons. The number of aromatic nitrogens is 5. The zero-order valence-corrected chi connectivity index (χ0v) is 20.3. The van der Waals surface area contributed by atoms with Gasteiger partial charge in [-0.15, -0.1) is 10.2 Å². The molecule has 0 unspecified atom stereocenters. The minimum Gasteiger partial charge on any atom is -0.507 e. The zero-order valence-electron chi connectivity index (χ0n) is 20.3. The van der Waals surface area contributed by atoms with Crippen LogP contribution in [0.15, 0.2) is 30.6 Å².